The molecule has 0 saturated heterocycles. The smallest absolute Gasteiger partial charge is 0.0542 e. The van der Waals surface area contributed by atoms with Crippen molar-refractivity contribution in [2.75, 3.05) is 0 Å². The van der Waals surface area contributed by atoms with E-state index < -0.39 is 0 Å². The van der Waals surface area contributed by atoms with Crippen LogP contribution in [0.5, 0.6) is 0 Å². The Bertz CT molecular complexity index is 285. The number of halogens is 2. The van der Waals surface area contributed by atoms with Crippen LogP contribution < -0.4 is 5.32 Å². The van der Waals surface area contributed by atoms with E-state index in [1.165, 1.54) is 0 Å². The van der Waals surface area contributed by atoms with Crippen LogP contribution >= 0.6 is 31.9 Å². The minimum absolute atomic E-state index is 0.504. The molecule has 0 aromatic carbocycles. The Morgan fingerprint density at radius 3 is 2.67 bits per heavy atom. The lowest BCUT2D eigenvalue weighted by Crippen LogP contribution is -2.27. The van der Waals surface area contributed by atoms with Crippen LogP contribution in [0.3, 0.4) is 0 Å². The Balaban J connectivity index is 2.33. The fourth-order valence-electron chi connectivity index (χ4n) is 1.36. The molecule has 0 aliphatic rings. The highest BCUT2D eigenvalue weighted by atomic mass is 79.9. The van der Waals surface area contributed by atoms with Gasteiger partial charge in [0.05, 0.1) is 5.69 Å². The molecule has 0 aliphatic heterocycles. The van der Waals surface area contributed by atoms with Gasteiger partial charge in [-0.15, -0.1) is 0 Å². The SMILES string of the molecule is CC(Br)CC(C)NCc1ccc(Br)cn1. The average molecular weight is 336 g/mol. The summed E-state index contributed by atoms with van der Waals surface area (Å²) < 4.78 is 1.02. The Kier molecular flexibility index (Phi) is 5.79. The van der Waals surface area contributed by atoms with E-state index in [9.17, 15) is 0 Å². The zero-order chi connectivity index (χ0) is 11.3. The van der Waals surface area contributed by atoms with Gasteiger partial charge in [0.25, 0.3) is 0 Å². The van der Waals surface area contributed by atoms with Crippen molar-refractivity contribution in [1.82, 2.24) is 10.3 Å². The van der Waals surface area contributed by atoms with Gasteiger partial charge in [0.15, 0.2) is 0 Å². The monoisotopic (exact) mass is 334 g/mol. The van der Waals surface area contributed by atoms with Crippen LogP contribution in [0.4, 0.5) is 0 Å². The number of alkyl halides is 1. The van der Waals surface area contributed by atoms with E-state index in [2.05, 4.69) is 56.0 Å². The fraction of sp³-hybridized carbons (Fsp3) is 0.545. The molecule has 0 saturated carbocycles. The lowest BCUT2D eigenvalue weighted by Gasteiger charge is -2.14. The molecule has 15 heavy (non-hydrogen) atoms. The van der Waals surface area contributed by atoms with E-state index >= 15 is 0 Å². The highest BCUT2D eigenvalue weighted by molar-refractivity contribution is 9.10. The zero-order valence-corrected chi connectivity index (χ0v) is 12.2. The largest absolute Gasteiger partial charge is 0.309 e. The molecule has 0 bridgehead atoms. The van der Waals surface area contributed by atoms with Crippen LogP contribution in [0.25, 0.3) is 0 Å². The minimum atomic E-state index is 0.504. The van der Waals surface area contributed by atoms with Crippen molar-refractivity contribution >= 4 is 31.9 Å². The molecule has 0 fully saturated rings. The normalized spacial score (nSPS) is 14.9. The summed E-state index contributed by atoms with van der Waals surface area (Å²) in [7, 11) is 0. The molecule has 0 amide bonds. The summed E-state index contributed by atoms with van der Waals surface area (Å²) in [5, 5.41) is 3.44. The first-order chi connectivity index (χ1) is 7.08. The lowest BCUT2D eigenvalue weighted by atomic mass is 10.2. The van der Waals surface area contributed by atoms with E-state index in [0.29, 0.717) is 10.9 Å². The van der Waals surface area contributed by atoms with Crippen LogP contribution in [0, 0.1) is 0 Å². The first-order valence-corrected chi connectivity index (χ1v) is 6.76. The highest BCUT2D eigenvalue weighted by Crippen LogP contribution is 2.09. The van der Waals surface area contributed by atoms with Crippen molar-refractivity contribution in [1.29, 1.82) is 0 Å². The molecule has 4 heteroatoms. The topological polar surface area (TPSA) is 24.9 Å². The van der Waals surface area contributed by atoms with Crippen molar-refractivity contribution in [3.63, 3.8) is 0 Å². The highest BCUT2D eigenvalue weighted by Gasteiger charge is 2.05. The van der Waals surface area contributed by atoms with Crippen molar-refractivity contribution < 1.29 is 0 Å². The Labute approximate surface area is 108 Å². The predicted molar refractivity (Wildman–Crippen MR) is 71.2 cm³/mol. The summed E-state index contributed by atoms with van der Waals surface area (Å²) in [5.74, 6) is 0. The summed E-state index contributed by atoms with van der Waals surface area (Å²) in [6.07, 6.45) is 2.95. The molecule has 2 atom stereocenters. The maximum absolute atomic E-state index is 4.31. The summed E-state index contributed by atoms with van der Waals surface area (Å²) in [4.78, 5) is 4.86. The quantitative estimate of drug-likeness (QED) is 0.833. The molecular formula is C11H16Br2N2. The van der Waals surface area contributed by atoms with Crippen molar-refractivity contribution in [2.24, 2.45) is 0 Å². The lowest BCUT2D eigenvalue weighted by molar-refractivity contribution is 0.511. The van der Waals surface area contributed by atoms with Crippen molar-refractivity contribution in [3.05, 3.63) is 28.5 Å². The van der Waals surface area contributed by atoms with Gasteiger partial charge in [-0.3, -0.25) is 4.98 Å². The third kappa shape index (κ3) is 5.64. The standard InChI is InChI=1S/C11H16Br2N2/c1-8(12)5-9(2)14-7-11-4-3-10(13)6-15-11/h3-4,6,8-9,14H,5,7H2,1-2H3. The first kappa shape index (κ1) is 13.1. The first-order valence-electron chi connectivity index (χ1n) is 5.06. The van der Waals surface area contributed by atoms with Gasteiger partial charge in [0.1, 0.15) is 0 Å². The van der Waals surface area contributed by atoms with Gasteiger partial charge in [-0.2, -0.15) is 0 Å². The van der Waals surface area contributed by atoms with Gasteiger partial charge < -0.3 is 5.32 Å². The molecule has 84 valence electrons. The maximum atomic E-state index is 4.31. The number of hydrogen-bond donors (Lipinski definition) is 1. The Morgan fingerprint density at radius 1 is 1.40 bits per heavy atom. The molecule has 0 aliphatic carbocycles. The van der Waals surface area contributed by atoms with Crippen molar-refractivity contribution in [2.45, 2.75) is 37.7 Å². The number of hydrogen-bond acceptors (Lipinski definition) is 2. The molecule has 1 heterocycles. The Morgan fingerprint density at radius 2 is 2.13 bits per heavy atom. The minimum Gasteiger partial charge on any atom is -0.309 e. The van der Waals surface area contributed by atoms with Crippen LogP contribution in [0.15, 0.2) is 22.8 Å². The fourth-order valence-corrected chi connectivity index (χ4v) is 2.16. The molecule has 1 aromatic heterocycles. The summed E-state index contributed by atoms with van der Waals surface area (Å²) in [6, 6.07) is 4.55. The van der Waals surface area contributed by atoms with Crippen LogP contribution in [-0.2, 0) is 6.54 Å². The van der Waals surface area contributed by atoms with Crippen LogP contribution in [0.2, 0.25) is 0 Å². The Hall–Kier alpha value is 0.0700. The summed E-state index contributed by atoms with van der Waals surface area (Å²) >= 11 is 6.92. The molecule has 0 spiro atoms. The van der Waals surface area contributed by atoms with E-state index in [0.717, 1.165) is 23.1 Å². The average Bonchev–Trinajstić information content (AvgIpc) is 2.16. The van der Waals surface area contributed by atoms with Gasteiger partial charge >= 0.3 is 0 Å². The third-order valence-electron chi connectivity index (χ3n) is 2.10. The van der Waals surface area contributed by atoms with Gasteiger partial charge in [0.2, 0.25) is 0 Å². The second-order valence-corrected chi connectivity index (χ2v) is 6.25. The molecule has 2 nitrogen and oxygen atoms in total. The van der Waals surface area contributed by atoms with Gasteiger partial charge in [-0.05, 0) is 41.4 Å². The third-order valence-corrected chi connectivity index (χ3v) is 2.94. The number of pyridine rings is 1. The molecule has 1 N–H and O–H groups in total. The summed E-state index contributed by atoms with van der Waals surface area (Å²) in [6.45, 7) is 5.18. The van der Waals surface area contributed by atoms with Gasteiger partial charge in [-0.25, -0.2) is 0 Å². The number of nitrogens with zero attached hydrogens (tertiary/aromatic N) is 1. The predicted octanol–water partition coefficient (Wildman–Crippen LogP) is 3.50. The van der Waals surface area contributed by atoms with Crippen LogP contribution in [-0.4, -0.2) is 15.9 Å². The van der Waals surface area contributed by atoms with E-state index in [1.54, 1.807) is 0 Å². The number of aromatic nitrogens is 1. The molecular weight excluding hydrogens is 320 g/mol. The second-order valence-electron chi connectivity index (χ2n) is 3.77. The van der Waals surface area contributed by atoms with Crippen molar-refractivity contribution in [3.8, 4) is 0 Å². The van der Waals surface area contributed by atoms with E-state index in [-0.39, 0.29) is 0 Å². The maximum Gasteiger partial charge on any atom is 0.0542 e. The van der Waals surface area contributed by atoms with E-state index in [4.69, 9.17) is 0 Å². The number of nitrogens with one attached hydrogen (secondary N) is 1. The van der Waals surface area contributed by atoms with Gasteiger partial charge in [-0.1, -0.05) is 22.9 Å². The zero-order valence-electron chi connectivity index (χ0n) is 9.00. The summed E-state index contributed by atoms with van der Waals surface area (Å²) in [5.41, 5.74) is 1.08. The molecule has 0 radical (unpaired) electrons. The number of rotatable bonds is 5. The molecule has 1 rings (SSSR count). The molecule has 1 aromatic rings. The van der Waals surface area contributed by atoms with Crippen LogP contribution in [0.1, 0.15) is 26.0 Å². The van der Waals surface area contributed by atoms with E-state index in [1.807, 2.05) is 18.3 Å². The van der Waals surface area contributed by atoms with Gasteiger partial charge in [0, 0.05) is 28.1 Å². The second kappa shape index (κ2) is 6.61. The molecule has 2 unspecified atom stereocenters.